The monoisotopic (exact) mass is 452 g/mol. The molecule has 1 N–H and O–H groups in total. The summed E-state index contributed by atoms with van der Waals surface area (Å²) >= 11 is 3.09. The molecule has 4 rings (SSSR count). The topological polar surface area (TPSA) is 51.4 Å². The van der Waals surface area contributed by atoms with Gasteiger partial charge in [-0.15, -0.1) is 23.7 Å². The van der Waals surface area contributed by atoms with E-state index in [0.29, 0.717) is 17.3 Å². The van der Waals surface area contributed by atoms with Crippen molar-refractivity contribution in [3.8, 4) is 11.5 Å². The molecule has 0 saturated carbocycles. The minimum Gasteiger partial charge on any atom is -0.453 e. The minimum atomic E-state index is 0. The summed E-state index contributed by atoms with van der Waals surface area (Å²) in [7, 11) is 0. The molecule has 2 aromatic heterocycles. The van der Waals surface area contributed by atoms with E-state index in [1.165, 1.54) is 11.3 Å². The second kappa shape index (κ2) is 10.1. The average Bonchev–Trinajstić information content (AvgIpc) is 3.16. The molecule has 30 heavy (non-hydrogen) atoms. The lowest BCUT2D eigenvalue weighted by atomic mass is 10.3. The zero-order chi connectivity index (χ0) is 20.1. The highest BCUT2D eigenvalue weighted by Gasteiger charge is 2.12. The first-order chi connectivity index (χ1) is 14.2. The van der Waals surface area contributed by atoms with Gasteiger partial charge < -0.3 is 10.1 Å². The normalized spacial score (nSPS) is 10.0. The molecule has 0 amide bonds. The second-order valence-electron chi connectivity index (χ2n) is 6.06. The van der Waals surface area contributed by atoms with Crippen molar-refractivity contribution in [1.29, 1.82) is 0 Å². The Balaban J connectivity index is 0.00000256. The summed E-state index contributed by atoms with van der Waals surface area (Å²) in [5.41, 5.74) is 1.58. The summed E-state index contributed by atoms with van der Waals surface area (Å²) in [5, 5.41) is 6.00. The summed E-state index contributed by atoms with van der Waals surface area (Å²) in [6.45, 7) is 9.02. The number of nitrogens with zero attached hydrogens (tertiary/aromatic N) is 3. The van der Waals surface area contributed by atoms with Crippen LogP contribution in [0.1, 0.15) is 5.69 Å². The molecule has 0 aliphatic rings. The van der Waals surface area contributed by atoms with E-state index in [9.17, 15) is 0 Å². The van der Waals surface area contributed by atoms with Gasteiger partial charge in [0.25, 0.3) is 0 Å². The van der Waals surface area contributed by atoms with E-state index in [2.05, 4.69) is 20.1 Å². The highest BCUT2D eigenvalue weighted by atomic mass is 35.5. The van der Waals surface area contributed by atoms with Crippen LogP contribution >= 0.6 is 35.5 Å². The van der Waals surface area contributed by atoms with Gasteiger partial charge in [0.15, 0.2) is 22.4 Å². The Kier molecular flexibility index (Phi) is 7.31. The number of halogens is 1. The first kappa shape index (κ1) is 21.7. The molecule has 0 saturated heterocycles. The second-order valence-corrected chi connectivity index (χ2v) is 8.06. The summed E-state index contributed by atoms with van der Waals surface area (Å²) in [5.74, 6) is 1.96. The van der Waals surface area contributed by atoms with E-state index in [4.69, 9.17) is 11.3 Å². The van der Waals surface area contributed by atoms with E-state index in [1.54, 1.807) is 18.0 Å². The number of hydrogen-bond donors (Lipinski definition) is 1. The quantitative estimate of drug-likeness (QED) is 0.307. The average molecular weight is 453 g/mol. The number of thiazole rings is 1. The van der Waals surface area contributed by atoms with Crippen LogP contribution in [0.25, 0.3) is 4.85 Å². The number of pyridine rings is 1. The molecule has 0 spiro atoms. The van der Waals surface area contributed by atoms with Crippen LogP contribution in [0, 0.1) is 13.5 Å². The lowest BCUT2D eigenvalue weighted by molar-refractivity contribution is 0.481. The smallest absolute Gasteiger partial charge is 0.188 e. The predicted molar refractivity (Wildman–Crippen MR) is 125 cm³/mol. The third-order valence-corrected chi connectivity index (χ3v) is 5.69. The summed E-state index contributed by atoms with van der Waals surface area (Å²) < 4.78 is 6.10. The zero-order valence-corrected chi connectivity index (χ0v) is 18.4. The van der Waals surface area contributed by atoms with Gasteiger partial charge in [0.05, 0.1) is 12.3 Å². The lowest BCUT2D eigenvalue weighted by Gasteiger charge is -2.12. The molecular formula is C22H17ClN4OS2. The van der Waals surface area contributed by atoms with Crippen molar-refractivity contribution in [2.45, 2.75) is 16.7 Å². The highest BCUT2D eigenvalue weighted by molar-refractivity contribution is 7.99. The summed E-state index contributed by atoms with van der Waals surface area (Å²) in [6, 6.07) is 19.0. The van der Waals surface area contributed by atoms with Crippen LogP contribution in [0.5, 0.6) is 11.5 Å². The molecule has 0 atom stereocenters. The van der Waals surface area contributed by atoms with Crippen molar-refractivity contribution in [3.63, 3.8) is 0 Å². The van der Waals surface area contributed by atoms with Crippen LogP contribution in [-0.2, 0) is 0 Å². The number of ether oxygens (including phenoxy) is 1. The number of nitrogens with one attached hydrogen (secondary N) is 1. The Morgan fingerprint density at radius 2 is 1.83 bits per heavy atom. The Morgan fingerprint density at radius 3 is 2.50 bits per heavy atom. The Bertz CT molecular complexity index is 1160. The molecule has 8 heteroatoms. The molecule has 0 aliphatic carbocycles. The van der Waals surface area contributed by atoms with Crippen molar-refractivity contribution in [3.05, 3.63) is 89.4 Å². The van der Waals surface area contributed by atoms with Crippen LogP contribution in [0.2, 0.25) is 0 Å². The number of anilines is 2. The molecule has 0 aliphatic heterocycles. The first-order valence-electron chi connectivity index (χ1n) is 8.77. The van der Waals surface area contributed by atoms with E-state index >= 15 is 0 Å². The maximum Gasteiger partial charge on any atom is 0.188 e. The van der Waals surface area contributed by atoms with E-state index in [1.807, 2.05) is 73.0 Å². The van der Waals surface area contributed by atoms with Crippen LogP contribution in [0.4, 0.5) is 16.6 Å². The third kappa shape index (κ3) is 5.51. The molecule has 4 aromatic rings. The molecular weight excluding hydrogens is 436 g/mol. The summed E-state index contributed by atoms with van der Waals surface area (Å²) in [6.07, 6.45) is 1.80. The number of rotatable bonds is 6. The van der Waals surface area contributed by atoms with E-state index < -0.39 is 0 Å². The van der Waals surface area contributed by atoms with Gasteiger partial charge >= 0.3 is 0 Å². The van der Waals surface area contributed by atoms with Gasteiger partial charge in [-0.2, -0.15) is 0 Å². The maximum absolute atomic E-state index is 7.07. The predicted octanol–water partition coefficient (Wildman–Crippen LogP) is 7.51. The SMILES string of the molecule is Cl.[C-]#[N+]c1ccc(Sc2cnc(Nc3nc(C)cs3)c(Oc3ccccc3)c2)cc1. The standard InChI is InChI=1S/C22H16N4OS2.ClH/c1-15-14-28-22(25-15)26-21-20(27-17-6-4-3-5-7-17)12-19(13-24-21)29-18-10-8-16(23-2)9-11-18;/h3-14H,1H3,(H,24,25,26);1H. The zero-order valence-electron chi connectivity index (χ0n) is 15.9. The first-order valence-corrected chi connectivity index (χ1v) is 10.5. The van der Waals surface area contributed by atoms with E-state index in [-0.39, 0.29) is 12.4 Å². The van der Waals surface area contributed by atoms with Gasteiger partial charge in [0.1, 0.15) is 5.75 Å². The third-order valence-electron chi connectivity index (χ3n) is 3.84. The van der Waals surface area contributed by atoms with Crippen LogP contribution in [0.3, 0.4) is 0 Å². The molecule has 0 fully saturated rings. The van der Waals surface area contributed by atoms with Crippen LogP contribution in [-0.4, -0.2) is 9.97 Å². The molecule has 150 valence electrons. The van der Waals surface area contributed by atoms with Crippen molar-refractivity contribution in [1.82, 2.24) is 9.97 Å². The number of benzene rings is 2. The van der Waals surface area contributed by atoms with Crippen molar-refractivity contribution < 1.29 is 4.74 Å². The Hall–Kier alpha value is -3.05. The molecule has 2 aromatic carbocycles. The number of aromatic nitrogens is 2. The van der Waals surface area contributed by atoms with Gasteiger partial charge in [-0.25, -0.2) is 14.8 Å². The van der Waals surface area contributed by atoms with Crippen molar-refractivity contribution >= 4 is 52.1 Å². The number of para-hydroxylation sites is 1. The largest absolute Gasteiger partial charge is 0.453 e. The highest BCUT2D eigenvalue weighted by Crippen LogP contribution is 2.36. The lowest BCUT2D eigenvalue weighted by Crippen LogP contribution is -1.97. The van der Waals surface area contributed by atoms with Crippen molar-refractivity contribution in [2.75, 3.05) is 5.32 Å². The molecule has 5 nitrogen and oxygen atoms in total. The van der Waals surface area contributed by atoms with Crippen LogP contribution in [0.15, 0.2) is 82.0 Å². The molecule has 2 heterocycles. The fraction of sp³-hybridized carbons (Fsp3) is 0.0455. The molecule has 0 radical (unpaired) electrons. The summed E-state index contributed by atoms with van der Waals surface area (Å²) in [4.78, 5) is 14.4. The van der Waals surface area contributed by atoms with E-state index in [0.717, 1.165) is 26.4 Å². The van der Waals surface area contributed by atoms with Gasteiger partial charge in [0, 0.05) is 27.4 Å². The minimum absolute atomic E-state index is 0. The van der Waals surface area contributed by atoms with Crippen molar-refractivity contribution in [2.24, 2.45) is 0 Å². The Morgan fingerprint density at radius 1 is 1.07 bits per heavy atom. The maximum atomic E-state index is 7.07. The Labute approximate surface area is 189 Å². The van der Waals surface area contributed by atoms with Crippen LogP contribution < -0.4 is 10.1 Å². The molecule has 0 unspecified atom stereocenters. The molecule has 0 bridgehead atoms. The fourth-order valence-corrected chi connectivity index (χ4v) is 4.01. The van der Waals surface area contributed by atoms with Gasteiger partial charge in [-0.1, -0.05) is 54.2 Å². The van der Waals surface area contributed by atoms with Gasteiger partial charge in [-0.3, -0.25) is 0 Å². The fourth-order valence-electron chi connectivity index (χ4n) is 2.51. The number of aryl methyl sites for hydroxylation is 1. The number of hydrogen-bond acceptors (Lipinski definition) is 6. The van der Waals surface area contributed by atoms with Gasteiger partial charge in [-0.05, 0) is 19.1 Å². The van der Waals surface area contributed by atoms with Gasteiger partial charge in [0.2, 0.25) is 0 Å².